The van der Waals surface area contributed by atoms with Crippen molar-refractivity contribution in [2.24, 2.45) is 0 Å². The normalized spacial score (nSPS) is 10.9. The zero-order valence-corrected chi connectivity index (χ0v) is 8.26. The van der Waals surface area contributed by atoms with Crippen molar-refractivity contribution in [1.29, 1.82) is 5.26 Å². The standard InChI is InChI=1S/C11H14N2/c1-11(2,3)9-4-8(7-12)5-10(13)6-9/h4-6H,13H2,1-3H3. The van der Waals surface area contributed by atoms with E-state index in [0.29, 0.717) is 11.3 Å². The lowest BCUT2D eigenvalue weighted by Crippen LogP contribution is -2.11. The Morgan fingerprint density at radius 3 is 2.31 bits per heavy atom. The molecule has 0 atom stereocenters. The molecule has 0 aliphatic carbocycles. The third-order valence-electron chi connectivity index (χ3n) is 1.95. The lowest BCUT2D eigenvalue weighted by Gasteiger charge is -2.19. The van der Waals surface area contributed by atoms with E-state index in [4.69, 9.17) is 11.0 Å². The number of benzene rings is 1. The summed E-state index contributed by atoms with van der Waals surface area (Å²) in [6.07, 6.45) is 0. The van der Waals surface area contributed by atoms with Crippen molar-refractivity contribution in [1.82, 2.24) is 0 Å². The molecular formula is C11H14N2. The van der Waals surface area contributed by atoms with Crippen LogP contribution in [0.3, 0.4) is 0 Å². The minimum atomic E-state index is 0.0426. The first kappa shape index (κ1) is 9.60. The van der Waals surface area contributed by atoms with E-state index in [1.54, 1.807) is 6.07 Å². The van der Waals surface area contributed by atoms with Crippen molar-refractivity contribution in [3.05, 3.63) is 29.3 Å². The molecule has 13 heavy (non-hydrogen) atoms. The number of hydrogen-bond donors (Lipinski definition) is 1. The predicted octanol–water partition coefficient (Wildman–Crippen LogP) is 2.44. The summed E-state index contributed by atoms with van der Waals surface area (Å²) in [5.41, 5.74) is 8.11. The Bertz CT molecular complexity index is 353. The molecule has 0 spiro atoms. The van der Waals surface area contributed by atoms with Crippen molar-refractivity contribution in [2.75, 3.05) is 5.73 Å². The maximum absolute atomic E-state index is 8.75. The second-order valence-electron chi connectivity index (χ2n) is 4.21. The summed E-state index contributed by atoms with van der Waals surface area (Å²) < 4.78 is 0. The van der Waals surface area contributed by atoms with Crippen LogP contribution in [0.4, 0.5) is 5.69 Å². The first-order valence-electron chi connectivity index (χ1n) is 4.24. The Balaban J connectivity index is 3.26. The first-order chi connectivity index (χ1) is 5.93. The number of nitrogens with two attached hydrogens (primary N) is 1. The second-order valence-corrected chi connectivity index (χ2v) is 4.21. The molecule has 0 bridgehead atoms. The molecule has 1 aromatic carbocycles. The van der Waals surface area contributed by atoms with Crippen LogP contribution in [-0.4, -0.2) is 0 Å². The van der Waals surface area contributed by atoms with Gasteiger partial charge in [0, 0.05) is 5.69 Å². The largest absolute Gasteiger partial charge is 0.399 e. The quantitative estimate of drug-likeness (QED) is 0.614. The number of nitriles is 1. The molecule has 0 fully saturated rings. The van der Waals surface area contributed by atoms with Crippen LogP contribution in [-0.2, 0) is 5.41 Å². The van der Waals surface area contributed by atoms with Crippen molar-refractivity contribution in [3.63, 3.8) is 0 Å². The van der Waals surface area contributed by atoms with Crippen LogP contribution in [0.25, 0.3) is 0 Å². The van der Waals surface area contributed by atoms with Crippen LogP contribution in [0.2, 0.25) is 0 Å². The highest BCUT2D eigenvalue weighted by molar-refractivity contribution is 5.50. The summed E-state index contributed by atoms with van der Waals surface area (Å²) in [7, 11) is 0. The number of nitrogens with zero attached hydrogens (tertiary/aromatic N) is 1. The maximum atomic E-state index is 8.75. The van der Waals surface area contributed by atoms with E-state index < -0.39 is 0 Å². The molecule has 0 radical (unpaired) electrons. The van der Waals surface area contributed by atoms with Gasteiger partial charge >= 0.3 is 0 Å². The van der Waals surface area contributed by atoms with Gasteiger partial charge in [-0.1, -0.05) is 20.8 Å². The number of nitrogen functional groups attached to an aromatic ring is 1. The Morgan fingerprint density at radius 1 is 1.23 bits per heavy atom. The lowest BCUT2D eigenvalue weighted by atomic mass is 9.86. The van der Waals surface area contributed by atoms with E-state index in [1.807, 2.05) is 12.1 Å². The van der Waals surface area contributed by atoms with Crippen LogP contribution in [0.1, 0.15) is 31.9 Å². The number of hydrogen-bond acceptors (Lipinski definition) is 2. The van der Waals surface area contributed by atoms with Crippen LogP contribution in [0.15, 0.2) is 18.2 Å². The van der Waals surface area contributed by atoms with Gasteiger partial charge in [0.05, 0.1) is 11.6 Å². The van der Waals surface area contributed by atoms with E-state index in [0.717, 1.165) is 5.56 Å². The molecule has 0 amide bonds. The molecule has 0 heterocycles. The van der Waals surface area contributed by atoms with Gasteiger partial charge in [-0.15, -0.1) is 0 Å². The molecule has 0 aliphatic heterocycles. The highest BCUT2D eigenvalue weighted by Crippen LogP contribution is 2.25. The molecule has 2 N–H and O–H groups in total. The minimum Gasteiger partial charge on any atom is -0.399 e. The molecule has 1 aromatic rings. The van der Waals surface area contributed by atoms with E-state index in [1.165, 1.54) is 0 Å². The Kier molecular flexibility index (Phi) is 2.29. The number of rotatable bonds is 0. The molecule has 2 heteroatoms. The average Bonchev–Trinajstić information content (AvgIpc) is 2.01. The maximum Gasteiger partial charge on any atom is 0.0992 e. The van der Waals surface area contributed by atoms with E-state index >= 15 is 0 Å². The van der Waals surface area contributed by atoms with E-state index in [9.17, 15) is 0 Å². The molecule has 0 aliphatic rings. The highest BCUT2D eigenvalue weighted by atomic mass is 14.5. The third-order valence-corrected chi connectivity index (χ3v) is 1.95. The molecule has 2 nitrogen and oxygen atoms in total. The first-order valence-corrected chi connectivity index (χ1v) is 4.24. The lowest BCUT2D eigenvalue weighted by molar-refractivity contribution is 0.590. The van der Waals surface area contributed by atoms with Crippen LogP contribution < -0.4 is 5.73 Å². The summed E-state index contributed by atoms with van der Waals surface area (Å²) in [4.78, 5) is 0. The van der Waals surface area contributed by atoms with Gasteiger partial charge in [-0.05, 0) is 29.2 Å². The Morgan fingerprint density at radius 2 is 1.85 bits per heavy atom. The summed E-state index contributed by atoms with van der Waals surface area (Å²) in [5, 5.41) is 8.75. The SMILES string of the molecule is CC(C)(C)c1cc(N)cc(C#N)c1. The molecule has 0 saturated carbocycles. The molecule has 0 unspecified atom stereocenters. The highest BCUT2D eigenvalue weighted by Gasteiger charge is 2.14. The van der Waals surface area contributed by atoms with Crippen LogP contribution in [0.5, 0.6) is 0 Å². The fourth-order valence-corrected chi connectivity index (χ4v) is 1.15. The van der Waals surface area contributed by atoms with Crippen LogP contribution in [0, 0.1) is 11.3 Å². The number of anilines is 1. The predicted molar refractivity (Wildman–Crippen MR) is 54.3 cm³/mol. The fraction of sp³-hybridized carbons (Fsp3) is 0.364. The van der Waals surface area contributed by atoms with Gasteiger partial charge in [0.25, 0.3) is 0 Å². The summed E-state index contributed by atoms with van der Waals surface area (Å²) in [6.45, 7) is 6.30. The third kappa shape index (κ3) is 2.22. The van der Waals surface area contributed by atoms with Crippen molar-refractivity contribution < 1.29 is 0 Å². The average molecular weight is 174 g/mol. The van der Waals surface area contributed by atoms with Gasteiger partial charge in [0.1, 0.15) is 0 Å². The summed E-state index contributed by atoms with van der Waals surface area (Å²) in [5.74, 6) is 0. The molecule has 0 saturated heterocycles. The topological polar surface area (TPSA) is 49.8 Å². The van der Waals surface area contributed by atoms with Crippen LogP contribution >= 0.6 is 0 Å². The van der Waals surface area contributed by atoms with Gasteiger partial charge in [-0.3, -0.25) is 0 Å². The zero-order valence-electron chi connectivity index (χ0n) is 8.26. The van der Waals surface area contributed by atoms with Gasteiger partial charge in [-0.2, -0.15) is 5.26 Å². The van der Waals surface area contributed by atoms with Gasteiger partial charge < -0.3 is 5.73 Å². The smallest absolute Gasteiger partial charge is 0.0992 e. The zero-order chi connectivity index (χ0) is 10.1. The summed E-state index contributed by atoms with van der Waals surface area (Å²) >= 11 is 0. The van der Waals surface area contributed by atoms with E-state index in [2.05, 4.69) is 26.8 Å². The molecule has 68 valence electrons. The van der Waals surface area contributed by atoms with Crippen molar-refractivity contribution in [3.8, 4) is 6.07 Å². The Labute approximate surface area is 79.0 Å². The van der Waals surface area contributed by atoms with Gasteiger partial charge in [0.15, 0.2) is 0 Å². The van der Waals surface area contributed by atoms with Gasteiger partial charge in [-0.25, -0.2) is 0 Å². The summed E-state index contributed by atoms with van der Waals surface area (Å²) in [6, 6.07) is 7.59. The Hall–Kier alpha value is -1.49. The van der Waals surface area contributed by atoms with Crippen molar-refractivity contribution in [2.45, 2.75) is 26.2 Å². The molecule has 0 aromatic heterocycles. The van der Waals surface area contributed by atoms with E-state index in [-0.39, 0.29) is 5.41 Å². The molecule has 1 rings (SSSR count). The molecular weight excluding hydrogens is 160 g/mol. The van der Waals surface area contributed by atoms with Crippen molar-refractivity contribution >= 4 is 5.69 Å². The second kappa shape index (κ2) is 3.10. The fourth-order valence-electron chi connectivity index (χ4n) is 1.15. The minimum absolute atomic E-state index is 0.0426. The van der Waals surface area contributed by atoms with Gasteiger partial charge in [0.2, 0.25) is 0 Å². The monoisotopic (exact) mass is 174 g/mol.